The number of pyridine rings is 1. The third-order valence-corrected chi connectivity index (χ3v) is 2.00. The molecule has 0 spiro atoms. The molecule has 0 saturated heterocycles. The summed E-state index contributed by atoms with van der Waals surface area (Å²) in [5.74, 6) is -0.360. The van der Waals surface area contributed by atoms with Crippen molar-refractivity contribution in [2.45, 2.75) is 0 Å². The summed E-state index contributed by atoms with van der Waals surface area (Å²) in [6, 6.07) is 4.55. The third kappa shape index (κ3) is 2.16. The number of nitrogens with two attached hydrogens (primary N) is 1. The number of nitrogens with zero attached hydrogens (tertiary/aromatic N) is 2. The normalized spacial score (nSPS) is 10.2. The van der Waals surface area contributed by atoms with E-state index in [1.165, 1.54) is 12.3 Å². The fraction of sp³-hybridized carbons (Fsp3) is 0. The van der Waals surface area contributed by atoms with Gasteiger partial charge in [-0.2, -0.15) is 4.39 Å². The first-order chi connectivity index (χ1) is 7.15. The first kappa shape index (κ1) is 9.72. The van der Waals surface area contributed by atoms with Gasteiger partial charge in [0.05, 0.1) is 5.69 Å². The summed E-state index contributed by atoms with van der Waals surface area (Å²) in [7, 11) is 0. The smallest absolute Gasteiger partial charge is 0.220 e. The van der Waals surface area contributed by atoms with Gasteiger partial charge in [-0.25, -0.2) is 9.97 Å². The molecule has 0 saturated carbocycles. The first-order valence-electron chi connectivity index (χ1n) is 4.14. The highest BCUT2D eigenvalue weighted by Crippen LogP contribution is 2.17. The zero-order valence-corrected chi connectivity index (χ0v) is 8.38. The van der Waals surface area contributed by atoms with Gasteiger partial charge in [-0.05, 0) is 12.1 Å². The molecule has 2 rings (SSSR count). The van der Waals surface area contributed by atoms with E-state index in [0.29, 0.717) is 15.9 Å². The number of hydrogen-bond donors (Lipinski definition) is 2. The Morgan fingerprint density at radius 1 is 1.40 bits per heavy atom. The summed E-state index contributed by atoms with van der Waals surface area (Å²) >= 11 is 4.85. The van der Waals surface area contributed by atoms with E-state index in [1.54, 1.807) is 12.1 Å². The first-order valence-corrected chi connectivity index (χ1v) is 4.55. The maximum atomic E-state index is 13.0. The molecule has 6 heteroatoms. The summed E-state index contributed by atoms with van der Waals surface area (Å²) in [6.07, 6.45) is 1.51. The number of H-pyrrole nitrogens is 1. The Balaban J connectivity index is 2.59. The number of nitrogens with one attached hydrogen (secondary N) is 1. The van der Waals surface area contributed by atoms with Crippen LogP contribution in [0.4, 0.5) is 10.3 Å². The Morgan fingerprint density at radius 3 is 2.87 bits per heavy atom. The zero-order chi connectivity index (χ0) is 10.8. The van der Waals surface area contributed by atoms with Crippen molar-refractivity contribution >= 4 is 18.2 Å². The van der Waals surface area contributed by atoms with Gasteiger partial charge >= 0.3 is 0 Å². The number of halogens is 1. The van der Waals surface area contributed by atoms with Crippen molar-refractivity contribution in [3.05, 3.63) is 35.0 Å². The van der Waals surface area contributed by atoms with E-state index in [2.05, 4.69) is 15.0 Å². The average molecular weight is 222 g/mol. The lowest BCUT2D eigenvalue weighted by Gasteiger charge is -2.01. The Hall–Kier alpha value is -1.82. The quantitative estimate of drug-likeness (QED) is 0.571. The number of aromatic amines is 1. The highest BCUT2D eigenvalue weighted by molar-refractivity contribution is 7.71. The molecule has 0 atom stereocenters. The van der Waals surface area contributed by atoms with Gasteiger partial charge in [0, 0.05) is 17.8 Å². The summed E-state index contributed by atoms with van der Waals surface area (Å²) in [4.78, 5) is 10.1. The predicted molar refractivity (Wildman–Crippen MR) is 57.0 cm³/mol. The van der Waals surface area contributed by atoms with Crippen LogP contribution in [0.3, 0.4) is 0 Å². The molecule has 0 bridgehead atoms. The third-order valence-electron chi connectivity index (χ3n) is 1.78. The Morgan fingerprint density at radius 2 is 2.20 bits per heavy atom. The van der Waals surface area contributed by atoms with Crippen molar-refractivity contribution in [3.8, 4) is 11.3 Å². The molecule has 3 N–H and O–H groups in total. The molecular formula is C9H7FN4S. The van der Waals surface area contributed by atoms with Gasteiger partial charge in [0.2, 0.25) is 5.95 Å². The minimum absolute atomic E-state index is 0.145. The number of rotatable bonds is 1. The van der Waals surface area contributed by atoms with Crippen LogP contribution in [0, 0.1) is 10.6 Å². The lowest BCUT2D eigenvalue weighted by Crippen LogP contribution is -1.96. The topological polar surface area (TPSA) is 67.6 Å². The SMILES string of the molecule is Nc1nccc(-c2cc(F)[nH]c(=S)c2)n1. The van der Waals surface area contributed by atoms with E-state index in [4.69, 9.17) is 18.0 Å². The minimum atomic E-state index is -0.505. The monoisotopic (exact) mass is 222 g/mol. The van der Waals surface area contributed by atoms with E-state index in [9.17, 15) is 4.39 Å². The molecule has 0 amide bonds. The number of aromatic nitrogens is 3. The fourth-order valence-corrected chi connectivity index (χ4v) is 1.42. The molecule has 2 heterocycles. The molecule has 15 heavy (non-hydrogen) atoms. The van der Waals surface area contributed by atoms with E-state index in [1.807, 2.05) is 0 Å². The van der Waals surface area contributed by atoms with Gasteiger partial charge in [0.15, 0.2) is 5.95 Å². The second-order valence-electron chi connectivity index (χ2n) is 2.88. The van der Waals surface area contributed by atoms with Crippen molar-refractivity contribution in [1.29, 1.82) is 0 Å². The maximum absolute atomic E-state index is 13.0. The highest BCUT2D eigenvalue weighted by atomic mass is 32.1. The van der Waals surface area contributed by atoms with Gasteiger partial charge in [-0.3, -0.25) is 0 Å². The molecule has 0 aliphatic heterocycles. The predicted octanol–water partition coefficient (Wildman–Crippen LogP) is 1.92. The molecule has 0 fully saturated rings. The van der Waals surface area contributed by atoms with E-state index in [-0.39, 0.29) is 5.95 Å². The van der Waals surface area contributed by atoms with E-state index in [0.717, 1.165) is 0 Å². The van der Waals surface area contributed by atoms with Gasteiger partial charge in [-0.15, -0.1) is 0 Å². The van der Waals surface area contributed by atoms with Crippen LogP contribution in [-0.4, -0.2) is 15.0 Å². The van der Waals surface area contributed by atoms with E-state index >= 15 is 0 Å². The fourth-order valence-electron chi connectivity index (χ4n) is 1.19. The molecule has 2 aromatic rings. The summed E-state index contributed by atoms with van der Waals surface area (Å²) in [6.45, 7) is 0. The Kier molecular flexibility index (Phi) is 2.42. The van der Waals surface area contributed by atoms with Crippen LogP contribution in [0.1, 0.15) is 0 Å². The largest absolute Gasteiger partial charge is 0.368 e. The van der Waals surface area contributed by atoms with Crippen LogP contribution in [-0.2, 0) is 0 Å². The van der Waals surface area contributed by atoms with Crippen molar-refractivity contribution in [3.63, 3.8) is 0 Å². The maximum Gasteiger partial charge on any atom is 0.220 e. The van der Waals surface area contributed by atoms with Crippen molar-refractivity contribution in [2.75, 3.05) is 5.73 Å². The molecule has 0 aliphatic rings. The van der Waals surface area contributed by atoms with Gasteiger partial charge in [0.25, 0.3) is 0 Å². The second-order valence-corrected chi connectivity index (χ2v) is 3.32. The Bertz CT molecular complexity index is 552. The summed E-state index contributed by atoms with van der Waals surface area (Å²) < 4.78 is 13.3. The Labute approximate surface area is 90.0 Å². The molecule has 0 unspecified atom stereocenters. The average Bonchev–Trinajstić information content (AvgIpc) is 2.16. The molecule has 0 radical (unpaired) electrons. The minimum Gasteiger partial charge on any atom is -0.368 e. The lowest BCUT2D eigenvalue weighted by molar-refractivity contribution is 0.582. The molecule has 4 nitrogen and oxygen atoms in total. The van der Waals surface area contributed by atoms with Gasteiger partial charge in [0.1, 0.15) is 4.64 Å². The molecule has 76 valence electrons. The molecule has 0 aliphatic carbocycles. The van der Waals surface area contributed by atoms with Crippen molar-refractivity contribution < 1.29 is 4.39 Å². The molecule has 0 aromatic carbocycles. The van der Waals surface area contributed by atoms with Crippen LogP contribution in [0.15, 0.2) is 24.4 Å². The van der Waals surface area contributed by atoms with Crippen LogP contribution >= 0.6 is 12.2 Å². The number of hydrogen-bond acceptors (Lipinski definition) is 4. The number of nitrogen functional groups attached to an aromatic ring is 1. The molecular weight excluding hydrogens is 215 g/mol. The standard InChI is InChI=1S/C9H7FN4S/c10-7-3-5(4-8(15)14-7)6-1-2-12-9(11)13-6/h1-4H,(H,14,15)(H2,11,12,13). The van der Waals surface area contributed by atoms with Crippen molar-refractivity contribution in [1.82, 2.24) is 15.0 Å². The lowest BCUT2D eigenvalue weighted by atomic mass is 10.2. The zero-order valence-electron chi connectivity index (χ0n) is 7.57. The van der Waals surface area contributed by atoms with Crippen molar-refractivity contribution in [2.24, 2.45) is 0 Å². The molecule has 2 aromatic heterocycles. The van der Waals surface area contributed by atoms with Crippen LogP contribution in [0.25, 0.3) is 11.3 Å². The van der Waals surface area contributed by atoms with E-state index < -0.39 is 5.95 Å². The van der Waals surface area contributed by atoms with Gasteiger partial charge < -0.3 is 10.7 Å². The second kappa shape index (κ2) is 3.74. The van der Waals surface area contributed by atoms with Gasteiger partial charge in [-0.1, -0.05) is 12.2 Å². The van der Waals surface area contributed by atoms with Crippen LogP contribution < -0.4 is 5.73 Å². The van der Waals surface area contributed by atoms with Crippen LogP contribution in [0.2, 0.25) is 0 Å². The van der Waals surface area contributed by atoms with Crippen LogP contribution in [0.5, 0.6) is 0 Å². The summed E-state index contributed by atoms with van der Waals surface area (Å²) in [5, 5.41) is 0. The number of anilines is 1. The highest BCUT2D eigenvalue weighted by Gasteiger charge is 2.02. The summed E-state index contributed by atoms with van der Waals surface area (Å²) in [5.41, 5.74) is 6.54.